The van der Waals surface area contributed by atoms with Gasteiger partial charge in [0.15, 0.2) is 0 Å². The Balaban J connectivity index is 1.91. The average Bonchev–Trinajstić information content (AvgIpc) is 3.04. The summed E-state index contributed by atoms with van der Waals surface area (Å²) in [5.41, 5.74) is -0.0310. The van der Waals surface area contributed by atoms with Crippen LogP contribution in [0.3, 0.4) is 0 Å². The number of nitrogens with zero attached hydrogens (tertiary/aromatic N) is 1. The van der Waals surface area contributed by atoms with Gasteiger partial charge in [-0.15, -0.1) is 11.3 Å². The molecule has 6 nitrogen and oxygen atoms in total. The summed E-state index contributed by atoms with van der Waals surface area (Å²) < 4.78 is 0. The van der Waals surface area contributed by atoms with E-state index in [1.807, 2.05) is 0 Å². The first kappa shape index (κ1) is 14.9. The lowest BCUT2D eigenvalue weighted by atomic mass is 10.0. The minimum absolute atomic E-state index is 0.0310. The van der Waals surface area contributed by atoms with Gasteiger partial charge in [-0.25, -0.2) is 0 Å². The van der Waals surface area contributed by atoms with Gasteiger partial charge in [0.2, 0.25) is 0 Å². The number of nitro groups is 1. The summed E-state index contributed by atoms with van der Waals surface area (Å²) in [6, 6.07) is 1.29. The second-order valence-electron chi connectivity index (χ2n) is 5.13. The molecule has 1 aliphatic rings. The Hall–Kier alpha value is -1.47. The van der Waals surface area contributed by atoms with Gasteiger partial charge in [0, 0.05) is 12.6 Å². The van der Waals surface area contributed by atoms with Crippen molar-refractivity contribution in [3.8, 4) is 0 Å². The fraction of sp³-hybridized carbons (Fsp3) is 0.615. The molecule has 20 heavy (non-hydrogen) atoms. The van der Waals surface area contributed by atoms with E-state index in [4.69, 9.17) is 0 Å². The maximum Gasteiger partial charge on any atom is 0.283 e. The van der Waals surface area contributed by atoms with E-state index < -0.39 is 11.0 Å². The second kappa shape index (κ2) is 6.32. The van der Waals surface area contributed by atoms with E-state index in [0.717, 1.165) is 37.0 Å². The molecule has 7 heteroatoms. The van der Waals surface area contributed by atoms with Crippen molar-refractivity contribution in [2.75, 3.05) is 6.54 Å². The first-order valence-electron chi connectivity index (χ1n) is 6.70. The lowest BCUT2D eigenvalue weighted by molar-refractivity contribution is -0.385. The molecule has 1 unspecified atom stereocenters. The predicted octanol–water partition coefficient (Wildman–Crippen LogP) is 2.25. The summed E-state index contributed by atoms with van der Waals surface area (Å²) in [5, 5.41) is 23.4. The van der Waals surface area contributed by atoms with Crippen molar-refractivity contribution < 1.29 is 14.8 Å². The van der Waals surface area contributed by atoms with Gasteiger partial charge in [0.1, 0.15) is 0 Å². The molecule has 1 aromatic rings. The normalized spacial score (nSPS) is 17.1. The van der Waals surface area contributed by atoms with Gasteiger partial charge in [-0.2, -0.15) is 0 Å². The lowest BCUT2D eigenvalue weighted by Gasteiger charge is -2.17. The highest BCUT2D eigenvalue weighted by atomic mass is 32.1. The molecule has 0 radical (unpaired) electrons. The molecule has 1 saturated carbocycles. The molecular formula is C13H18N2O4S. The van der Waals surface area contributed by atoms with Crippen LogP contribution >= 0.6 is 11.3 Å². The van der Waals surface area contributed by atoms with Crippen LogP contribution in [0.25, 0.3) is 0 Å². The lowest BCUT2D eigenvalue weighted by Crippen LogP contribution is -2.35. The predicted molar refractivity (Wildman–Crippen MR) is 76.0 cm³/mol. The monoisotopic (exact) mass is 298 g/mol. The van der Waals surface area contributed by atoms with Gasteiger partial charge in [-0.3, -0.25) is 14.9 Å². The summed E-state index contributed by atoms with van der Waals surface area (Å²) in [4.78, 5) is 23.0. The fourth-order valence-electron chi connectivity index (χ4n) is 2.56. The number of hydrogen-bond acceptors (Lipinski definition) is 5. The number of aliphatic hydroxyl groups is 1. The van der Waals surface area contributed by atoms with Crippen LogP contribution in [-0.4, -0.2) is 28.6 Å². The van der Waals surface area contributed by atoms with Crippen LogP contribution in [0, 0.1) is 23.0 Å². The zero-order chi connectivity index (χ0) is 14.7. The molecule has 0 spiro atoms. The highest BCUT2D eigenvalue weighted by Gasteiger charge is 2.24. The minimum atomic E-state index is -0.530. The third-order valence-electron chi connectivity index (χ3n) is 3.73. The molecule has 1 aromatic heterocycles. The zero-order valence-corrected chi connectivity index (χ0v) is 12.1. The van der Waals surface area contributed by atoms with Gasteiger partial charge in [-0.05, 0) is 25.7 Å². The Morgan fingerprint density at radius 3 is 2.80 bits per heavy atom. The van der Waals surface area contributed by atoms with E-state index in [1.54, 1.807) is 6.92 Å². The maximum atomic E-state index is 11.9. The van der Waals surface area contributed by atoms with E-state index in [2.05, 4.69) is 5.32 Å². The first-order valence-corrected chi connectivity index (χ1v) is 7.51. The van der Waals surface area contributed by atoms with Crippen molar-refractivity contribution in [2.45, 2.75) is 38.7 Å². The van der Waals surface area contributed by atoms with E-state index in [0.29, 0.717) is 9.75 Å². The van der Waals surface area contributed by atoms with Crippen molar-refractivity contribution in [3.63, 3.8) is 0 Å². The van der Waals surface area contributed by atoms with Crippen LogP contribution in [-0.2, 0) is 0 Å². The molecule has 0 aromatic carbocycles. The number of carbonyl (C=O) groups excluding carboxylic acids is 1. The number of carbonyl (C=O) groups is 1. The second-order valence-corrected chi connectivity index (χ2v) is 6.39. The standard InChI is InChI=1S/C13H18N2O4S/c1-8-10(15(18)19)6-12(20-8)13(17)14-7-11(16)9-4-2-3-5-9/h6,9,11,16H,2-5,7H2,1H3,(H,14,17). The Kier molecular flexibility index (Phi) is 4.72. The number of rotatable bonds is 5. The fourth-order valence-corrected chi connectivity index (χ4v) is 3.46. The van der Waals surface area contributed by atoms with Crippen molar-refractivity contribution in [2.24, 2.45) is 5.92 Å². The Morgan fingerprint density at radius 2 is 2.25 bits per heavy atom. The molecule has 0 bridgehead atoms. The van der Waals surface area contributed by atoms with Gasteiger partial charge in [0.25, 0.3) is 11.6 Å². The number of aryl methyl sites for hydroxylation is 1. The van der Waals surface area contributed by atoms with Crippen LogP contribution in [0.1, 0.15) is 40.2 Å². The molecule has 1 aliphatic carbocycles. The van der Waals surface area contributed by atoms with Gasteiger partial charge in [-0.1, -0.05) is 12.8 Å². The largest absolute Gasteiger partial charge is 0.391 e. The van der Waals surface area contributed by atoms with E-state index in [1.165, 1.54) is 6.07 Å². The van der Waals surface area contributed by atoms with E-state index in [-0.39, 0.29) is 24.1 Å². The molecule has 1 heterocycles. The summed E-state index contributed by atoms with van der Waals surface area (Å²) in [7, 11) is 0. The van der Waals surface area contributed by atoms with Crippen LogP contribution < -0.4 is 5.32 Å². The topological polar surface area (TPSA) is 92.5 Å². The molecule has 1 amide bonds. The molecule has 1 atom stereocenters. The third-order valence-corrected chi connectivity index (χ3v) is 4.77. The van der Waals surface area contributed by atoms with E-state index in [9.17, 15) is 20.0 Å². The molecular weight excluding hydrogens is 280 g/mol. The van der Waals surface area contributed by atoms with Crippen molar-refractivity contribution in [1.29, 1.82) is 0 Å². The number of hydrogen-bond donors (Lipinski definition) is 2. The highest BCUT2D eigenvalue weighted by Crippen LogP contribution is 2.29. The molecule has 2 N–H and O–H groups in total. The number of thiophene rings is 1. The number of nitrogens with one attached hydrogen (secondary N) is 1. The molecule has 0 aliphatic heterocycles. The Labute approximate surface area is 121 Å². The molecule has 2 rings (SSSR count). The highest BCUT2D eigenvalue weighted by molar-refractivity contribution is 7.14. The maximum absolute atomic E-state index is 11.9. The minimum Gasteiger partial charge on any atom is -0.391 e. The van der Waals surface area contributed by atoms with Crippen molar-refractivity contribution in [3.05, 3.63) is 25.9 Å². The van der Waals surface area contributed by atoms with E-state index >= 15 is 0 Å². The van der Waals surface area contributed by atoms with Crippen LogP contribution in [0.5, 0.6) is 0 Å². The summed E-state index contributed by atoms with van der Waals surface area (Å²) in [5.74, 6) is -0.0991. The summed E-state index contributed by atoms with van der Waals surface area (Å²) in [6.07, 6.45) is 3.73. The van der Waals surface area contributed by atoms with Gasteiger partial charge in [0.05, 0.1) is 20.8 Å². The third kappa shape index (κ3) is 3.34. The Morgan fingerprint density at radius 1 is 1.60 bits per heavy atom. The molecule has 110 valence electrons. The molecule has 0 saturated heterocycles. The van der Waals surface area contributed by atoms with Crippen molar-refractivity contribution in [1.82, 2.24) is 5.32 Å². The van der Waals surface area contributed by atoms with Crippen LogP contribution in [0.15, 0.2) is 6.07 Å². The zero-order valence-electron chi connectivity index (χ0n) is 11.3. The summed E-state index contributed by atoms with van der Waals surface area (Å²) >= 11 is 1.10. The average molecular weight is 298 g/mol. The smallest absolute Gasteiger partial charge is 0.283 e. The number of aliphatic hydroxyl groups excluding tert-OH is 1. The quantitative estimate of drug-likeness (QED) is 0.644. The van der Waals surface area contributed by atoms with Crippen LogP contribution in [0.2, 0.25) is 0 Å². The Bertz CT molecular complexity index is 508. The first-order chi connectivity index (χ1) is 9.49. The van der Waals surface area contributed by atoms with Gasteiger partial charge < -0.3 is 10.4 Å². The summed E-state index contributed by atoms with van der Waals surface area (Å²) in [6.45, 7) is 1.82. The molecule has 1 fully saturated rings. The SMILES string of the molecule is Cc1sc(C(=O)NCC(O)C2CCCC2)cc1[N+](=O)[O-]. The van der Waals surface area contributed by atoms with Gasteiger partial charge >= 0.3 is 0 Å². The van der Waals surface area contributed by atoms with Crippen molar-refractivity contribution >= 4 is 22.9 Å². The number of amides is 1. The van der Waals surface area contributed by atoms with Crippen LogP contribution in [0.4, 0.5) is 5.69 Å².